The summed E-state index contributed by atoms with van der Waals surface area (Å²) in [6.45, 7) is 13.5. The van der Waals surface area contributed by atoms with Gasteiger partial charge in [-0.1, -0.05) is 13.0 Å². The van der Waals surface area contributed by atoms with Crippen molar-refractivity contribution in [2.24, 2.45) is 5.92 Å². The molecule has 1 fully saturated rings. The fourth-order valence-corrected chi connectivity index (χ4v) is 2.62. The highest BCUT2D eigenvalue weighted by Gasteiger charge is 2.22. The minimum Gasteiger partial charge on any atom is -0.352 e. The van der Waals surface area contributed by atoms with E-state index in [0.717, 1.165) is 30.6 Å². The van der Waals surface area contributed by atoms with Gasteiger partial charge in [0.2, 0.25) is 5.95 Å². The predicted octanol–water partition coefficient (Wildman–Crippen LogP) is 2.13. The van der Waals surface area contributed by atoms with Gasteiger partial charge < -0.3 is 14.8 Å². The van der Waals surface area contributed by atoms with Crippen LogP contribution in [-0.2, 0) is 6.54 Å². The average molecular weight is 248 g/mol. The van der Waals surface area contributed by atoms with Crippen LogP contribution >= 0.6 is 0 Å². The molecule has 1 aromatic heterocycles. The first kappa shape index (κ1) is 13.1. The van der Waals surface area contributed by atoms with Crippen molar-refractivity contribution in [3.63, 3.8) is 0 Å². The van der Waals surface area contributed by atoms with Crippen molar-refractivity contribution in [3.8, 4) is 0 Å². The number of rotatable bonds is 6. The second-order valence-electron chi connectivity index (χ2n) is 5.08. The Morgan fingerprint density at radius 3 is 3.11 bits per heavy atom. The van der Waals surface area contributed by atoms with Crippen LogP contribution in [0.15, 0.2) is 18.9 Å². The number of hydrogen-bond acceptors (Lipinski definition) is 3. The number of nitrogens with one attached hydrogen (secondary N) is 1. The molecule has 1 aliphatic heterocycles. The van der Waals surface area contributed by atoms with Crippen LogP contribution < -0.4 is 5.32 Å². The summed E-state index contributed by atoms with van der Waals surface area (Å²) >= 11 is 0. The molecule has 0 aromatic carbocycles. The number of anilines is 1. The maximum Gasteiger partial charge on any atom is 0.203 e. The maximum atomic E-state index is 4.52. The SMILES string of the molecule is C=CCNc1nc(C)cn1CC1CCN(CC)C1. The lowest BCUT2D eigenvalue weighted by Gasteiger charge is -2.15. The van der Waals surface area contributed by atoms with E-state index in [1.165, 1.54) is 26.1 Å². The fourth-order valence-electron chi connectivity index (χ4n) is 2.62. The van der Waals surface area contributed by atoms with Crippen molar-refractivity contribution in [2.45, 2.75) is 26.8 Å². The summed E-state index contributed by atoms with van der Waals surface area (Å²) in [6.07, 6.45) is 5.30. The van der Waals surface area contributed by atoms with Crippen LogP contribution in [0.2, 0.25) is 0 Å². The first-order valence-electron chi connectivity index (χ1n) is 6.83. The standard InChI is InChI=1S/C14H24N4/c1-4-7-15-14-16-12(3)9-18(14)11-13-6-8-17(5-2)10-13/h4,9,13H,1,5-8,10-11H2,2-3H3,(H,15,16). The molecule has 4 heteroatoms. The number of likely N-dealkylation sites (tertiary alicyclic amines) is 1. The van der Waals surface area contributed by atoms with Crippen molar-refractivity contribution in [1.29, 1.82) is 0 Å². The molecule has 0 radical (unpaired) electrons. The van der Waals surface area contributed by atoms with Gasteiger partial charge in [0.05, 0.1) is 5.69 Å². The third-order valence-corrected chi connectivity index (χ3v) is 3.57. The minimum absolute atomic E-state index is 0.753. The molecule has 1 saturated heterocycles. The third kappa shape index (κ3) is 3.13. The van der Waals surface area contributed by atoms with E-state index in [1.807, 2.05) is 13.0 Å². The fraction of sp³-hybridized carbons (Fsp3) is 0.643. The van der Waals surface area contributed by atoms with Crippen molar-refractivity contribution in [1.82, 2.24) is 14.5 Å². The summed E-state index contributed by atoms with van der Waals surface area (Å²) in [5, 5.41) is 3.30. The lowest BCUT2D eigenvalue weighted by molar-refractivity contribution is 0.333. The van der Waals surface area contributed by atoms with Crippen LogP contribution in [0.25, 0.3) is 0 Å². The molecule has 0 bridgehead atoms. The molecule has 0 saturated carbocycles. The zero-order valence-electron chi connectivity index (χ0n) is 11.5. The highest BCUT2D eigenvalue weighted by molar-refractivity contribution is 5.29. The monoisotopic (exact) mass is 248 g/mol. The molecular formula is C14H24N4. The van der Waals surface area contributed by atoms with E-state index in [4.69, 9.17) is 0 Å². The van der Waals surface area contributed by atoms with Crippen molar-refractivity contribution < 1.29 is 0 Å². The normalized spacial score (nSPS) is 20.2. The Labute approximate surface area is 110 Å². The molecule has 1 atom stereocenters. The van der Waals surface area contributed by atoms with Gasteiger partial charge in [-0.2, -0.15) is 0 Å². The zero-order valence-corrected chi connectivity index (χ0v) is 11.5. The lowest BCUT2D eigenvalue weighted by Crippen LogP contribution is -2.21. The van der Waals surface area contributed by atoms with Gasteiger partial charge in [0.15, 0.2) is 0 Å². The van der Waals surface area contributed by atoms with Crippen molar-refractivity contribution >= 4 is 5.95 Å². The van der Waals surface area contributed by atoms with Gasteiger partial charge in [0.1, 0.15) is 0 Å². The smallest absolute Gasteiger partial charge is 0.203 e. The van der Waals surface area contributed by atoms with Crippen molar-refractivity contribution in [2.75, 3.05) is 31.5 Å². The Kier molecular flexibility index (Phi) is 4.42. The van der Waals surface area contributed by atoms with Gasteiger partial charge in [-0.15, -0.1) is 6.58 Å². The zero-order chi connectivity index (χ0) is 13.0. The number of nitrogens with zero attached hydrogens (tertiary/aromatic N) is 3. The van der Waals surface area contributed by atoms with Gasteiger partial charge in [-0.25, -0.2) is 4.98 Å². The van der Waals surface area contributed by atoms with E-state index in [1.54, 1.807) is 0 Å². The molecule has 1 N–H and O–H groups in total. The van der Waals surface area contributed by atoms with Crippen LogP contribution in [0.3, 0.4) is 0 Å². The predicted molar refractivity (Wildman–Crippen MR) is 75.9 cm³/mol. The van der Waals surface area contributed by atoms with Crippen LogP contribution in [0.4, 0.5) is 5.95 Å². The molecule has 0 amide bonds. The van der Waals surface area contributed by atoms with E-state index in [2.05, 4.69) is 39.5 Å². The van der Waals surface area contributed by atoms with Crippen LogP contribution in [0.1, 0.15) is 19.0 Å². The summed E-state index contributed by atoms with van der Waals surface area (Å²) in [6, 6.07) is 0. The second-order valence-corrected chi connectivity index (χ2v) is 5.08. The molecular weight excluding hydrogens is 224 g/mol. The molecule has 1 aromatic rings. The number of hydrogen-bond donors (Lipinski definition) is 1. The molecule has 1 unspecified atom stereocenters. The molecule has 4 nitrogen and oxygen atoms in total. The molecule has 18 heavy (non-hydrogen) atoms. The van der Waals surface area contributed by atoms with Gasteiger partial charge in [-0.05, 0) is 32.4 Å². The summed E-state index contributed by atoms with van der Waals surface area (Å²) < 4.78 is 2.25. The van der Waals surface area contributed by atoms with E-state index in [0.29, 0.717) is 0 Å². The third-order valence-electron chi connectivity index (χ3n) is 3.57. The molecule has 1 aliphatic rings. The van der Waals surface area contributed by atoms with Crippen LogP contribution in [0.5, 0.6) is 0 Å². The summed E-state index contributed by atoms with van der Waals surface area (Å²) in [7, 11) is 0. The highest BCUT2D eigenvalue weighted by atomic mass is 15.2. The van der Waals surface area contributed by atoms with E-state index < -0.39 is 0 Å². The largest absolute Gasteiger partial charge is 0.352 e. The summed E-state index contributed by atoms with van der Waals surface area (Å²) in [4.78, 5) is 7.04. The number of aryl methyl sites for hydroxylation is 1. The Morgan fingerprint density at radius 1 is 1.61 bits per heavy atom. The topological polar surface area (TPSA) is 33.1 Å². The summed E-state index contributed by atoms with van der Waals surface area (Å²) in [5.41, 5.74) is 1.08. The lowest BCUT2D eigenvalue weighted by atomic mass is 10.1. The minimum atomic E-state index is 0.753. The Balaban J connectivity index is 1.97. The highest BCUT2D eigenvalue weighted by Crippen LogP contribution is 2.20. The molecule has 100 valence electrons. The number of aromatic nitrogens is 2. The first-order valence-corrected chi connectivity index (χ1v) is 6.83. The molecule has 2 rings (SSSR count). The van der Waals surface area contributed by atoms with E-state index in [9.17, 15) is 0 Å². The van der Waals surface area contributed by atoms with Crippen LogP contribution in [0, 0.1) is 12.8 Å². The quantitative estimate of drug-likeness (QED) is 0.783. The van der Waals surface area contributed by atoms with Gasteiger partial charge in [0.25, 0.3) is 0 Å². The molecule has 2 heterocycles. The van der Waals surface area contributed by atoms with Gasteiger partial charge in [0, 0.05) is 25.8 Å². The Morgan fingerprint density at radius 2 is 2.44 bits per heavy atom. The van der Waals surface area contributed by atoms with Gasteiger partial charge in [-0.3, -0.25) is 0 Å². The van der Waals surface area contributed by atoms with Crippen molar-refractivity contribution in [3.05, 3.63) is 24.5 Å². The molecule has 0 spiro atoms. The Hall–Kier alpha value is -1.29. The van der Waals surface area contributed by atoms with E-state index in [-0.39, 0.29) is 0 Å². The van der Waals surface area contributed by atoms with Crippen LogP contribution in [-0.4, -0.2) is 40.6 Å². The number of imidazole rings is 1. The van der Waals surface area contributed by atoms with Gasteiger partial charge >= 0.3 is 0 Å². The Bertz CT molecular complexity index is 396. The maximum absolute atomic E-state index is 4.52. The average Bonchev–Trinajstić information content (AvgIpc) is 2.94. The van der Waals surface area contributed by atoms with E-state index >= 15 is 0 Å². The second kappa shape index (κ2) is 6.05. The summed E-state index contributed by atoms with van der Waals surface area (Å²) in [5.74, 6) is 1.73. The first-order chi connectivity index (χ1) is 8.72. The molecule has 0 aliphatic carbocycles.